The van der Waals surface area contributed by atoms with Gasteiger partial charge in [0.05, 0.1) is 37.3 Å². The highest BCUT2D eigenvalue weighted by atomic mass is 16.5. The molecule has 118 valence electrons. The standard InChI is InChI=1S/C15H20N4O3/c1-10-3-4-14(20)12(18-10)6-16-13-8-21-9-15(13)22-11-5-17-19(2)7-11/h3-5,7,13,15-16,20H,6,8-9H2,1-2H3/t13-,15+/m0/s1. The Morgan fingerprint density at radius 1 is 1.45 bits per heavy atom. The molecular formula is C15H20N4O3. The van der Waals surface area contributed by atoms with Crippen LogP contribution in [0, 0.1) is 6.92 Å². The minimum atomic E-state index is -0.0869. The summed E-state index contributed by atoms with van der Waals surface area (Å²) in [7, 11) is 1.85. The third kappa shape index (κ3) is 3.37. The number of aryl methyl sites for hydroxylation is 2. The van der Waals surface area contributed by atoms with E-state index < -0.39 is 0 Å². The lowest BCUT2D eigenvalue weighted by Crippen LogP contribution is -2.41. The van der Waals surface area contributed by atoms with Crippen molar-refractivity contribution in [2.24, 2.45) is 7.05 Å². The summed E-state index contributed by atoms with van der Waals surface area (Å²) >= 11 is 0. The van der Waals surface area contributed by atoms with Gasteiger partial charge in [0.1, 0.15) is 11.9 Å². The van der Waals surface area contributed by atoms with Crippen molar-refractivity contribution in [3.63, 3.8) is 0 Å². The molecule has 1 fully saturated rings. The van der Waals surface area contributed by atoms with Crippen molar-refractivity contribution < 1.29 is 14.6 Å². The lowest BCUT2D eigenvalue weighted by Gasteiger charge is -2.19. The van der Waals surface area contributed by atoms with Gasteiger partial charge >= 0.3 is 0 Å². The van der Waals surface area contributed by atoms with Crippen molar-refractivity contribution in [2.45, 2.75) is 25.6 Å². The number of hydrogen-bond donors (Lipinski definition) is 2. The first-order valence-electron chi connectivity index (χ1n) is 7.24. The number of nitrogens with one attached hydrogen (secondary N) is 1. The number of aromatic nitrogens is 3. The summed E-state index contributed by atoms with van der Waals surface area (Å²) in [5.41, 5.74) is 1.51. The normalized spacial score (nSPS) is 21.2. The van der Waals surface area contributed by atoms with Crippen molar-refractivity contribution >= 4 is 0 Å². The molecule has 3 rings (SSSR count). The van der Waals surface area contributed by atoms with Gasteiger partial charge in [0.15, 0.2) is 5.75 Å². The third-order valence-corrected chi connectivity index (χ3v) is 3.62. The van der Waals surface area contributed by atoms with Gasteiger partial charge in [0.2, 0.25) is 0 Å². The summed E-state index contributed by atoms with van der Waals surface area (Å²) in [5, 5.41) is 17.3. The zero-order chi connectivity index (χ0) is 15.5. The van der Waals surface area contributed by atoms with E-state index in [9.17, 15) is 5.11 Å². The fourth-order valence-corrected chi connectivity index (χ4v) is 2.44. The van der Waals surface area contributed by atoms with Crippen LogP contribution in [0.15, 0.2) is 24.5 Å². The number of pyridine rings is 1. The lowest BCUT2D eigenvalue weighted by molar-refractivity contribution is 0.139. The minimum Gasteiger partial charge on any atom is -0.506 e. The molecule has 0 aromatic carbocycles. The molecule has 2 aromatic rings. The summed E-state index contributed by atoms with van der Waals surface area (Å²) in [6.45, 7) is 3.46. The predicted molar refractivity (Wildman–Crippen MR) is 79.7 cm³/mol. The molecule has 0 bridgehead atoms. The molecule has 1 aliphatic rings. The third-order valence-electron chi connectivity index (χ3n) is 3.62. The van der Waals surface area contributed by atoms with E-state index in [0.29, 0.717) is 25.5 Å². The number of aromatic hydroxyl groups is 1. The quantitative estimate of drug-likeness (QED) is 0.849. The molecule has 7 heteroatoms. The van der Waals surface area contributed by atoms with Crippen LogP contribution in [0.25, 0.3) is 0 Å². The topological polar surface area (TPSA) is 81.4 Å². The Bertz CT molecular complexity index is 643. The molecule has 3 heterocycles. The van der Waals surface area contributed by atoms with Gasteiger partial charge in [-0.05, 0) is 19.1 Å². The highest BCUT2D eigenvalue weighted by molar-refractivity contribution is 5.27. The maximum absolute atomic E-state index is 9.84. The SMILES string of the molecule is Cc1ccc(O)c(CN[C@H]2COC[C@H]2Oc2cnn(C)c2)n1. The molecule has 0 amide bonds. The smallest absolute Gasteiger partial charge is 0.157 e. The van der Waals surface area contributed by atoms with E-state index in [4.69, 9.17) is 9.47 Å². The average molecular weight is 304 g/mol. The Labute approximate surface area is 128 Å². The van der Waals surface area contributed by atoms with Gasteiger partial charge in [-0.3, -0.25) is 9.67 Å². The van der Waals surface area contributed by atoms with Crippen LogP contribution in [0.2, 0.25) is 0 Å². The molecule has 0 spiro atoms. The summed E-state index contributed by atoms with van der Waals surface area (Å²) in [6.07, 6.45) is 3.42. The van der Waals surface area contributed by atoms with Crippen LogP contribution in [-0.2, 0) is 18.3 Å². The molecule has 7 nitrogen and oxygen atoms in total. The fourth-order valence-electron chi connectivity index (χ4n) is 2.44. The Kier molecular flexibility index (Phi) is 4.26. The van der Waals surface area contributed by atoms with E-state index in [0.717, 1.165) is 11.4 Å². The van der Waals surface area contributed by atoms with Crippen LogP contribution in [0.4, 0.5) is 0 Å². The zero-order valence-electron chi connectivity index (χ0n) is 12.7. The van der Waals surface area contributed by atoms with Gasteiger partial charge in [0, 0.05) is 19.3 Å². The maximum atomic E-state index is 9.84. The highest BCUT2D eigenvalue weighted by Crippen LogP contribution is 2.18. The molecule has 1 saturated heterocycles. The first-order valence-corrected chi connectivity index (χ1v) is 7.24. The van der Waals surface area contributed by atoms with Gasteiger partial charge in [-0.15, -0.1) is 0 Å². The van der Waals surface area contributed by atoms with E-state index in [1.807, 2.05) is 20.2 Å². The second-order valence-corrected chi connectivity index (χ2v) is 5.45. The van der Waals surface area contributed by atoms with Crippen LogP contribution >= 0.6 is 0 Å². The molecule has 0 aliphatic carbocycles. The number of ether oxygens (including phenoxy) is 2. The largest absolute Gasteiger partial charge is 0.506 e. The molecule has 1 aliphatic heterocycles. The average Bonchev–Trinajstić information content (AvgIpc) is 3.10. The second kappa shape index (κ2) is 6.33. The molecule has 0 unspecified atom stereocenters. The molecule has 2 atom stereocenters. The summed E-state index contributed by atoms with van der Waals surface area (Å²) < 4.78 is 13.1. The Morgan fingerprint density at radius 2 is 2.32 bits per heavy atom. The fraction of sp³-hybridized carbons (Fsp3) is 0.467. The highest BCUT2D eigenvalue weighted by Gasteiger charge is 2.30. The van der Waals surface area contributed by atoms with Crippen LogP contribution in [0.5, 0.6) is 11.5 Å². The maximum Gasteiger partial charge on any atom is 0.157 e. The first kappa shape index (κ1) is 14.8. The minimum absolute atomic E-state index is 0.0434. The lowest BCUT2D eigenvalue weighted by atomic mass is 10.2. The Hall–Kier alpha value is -2.12. The van der Waals surface area contributed by atoms with Crippen LogP contribution < -0.4 is 10.1 Å². The predicted octanol–water partition coefficient (Wildman–Crippen LogP) is 0.765. The summed E-state index contributed by atoms with van der Waals surface area (Å²) in [6, 6.07) is 3.49. The van der Waals surface area contributed by atoms with Gasteiger partial charge in [0.25, 0.3) is 0 Å². The van der Waals surface area contributed by atoms with E-state index in [-0.39, 0.29) is 17.9 Å². The van der Waals surface area contributed by atoms with Crippen LogP contribution in [0.1, 0.15) is 11.4 Å². The number of hydrogen-bond acceptors (Lipinski definition) is 6. The monoisotopic (exact) mass is 304 g/mol. The Morgan fingerprint density at radius 3 is 3.09 bits per heavy atom. The second-order valence-electron chi connectivity index (χ2n) is 5.45. The summed E-state index contributed by atoms with van der Waals surface area (Å²) in [5.74, 6) is 0.920. The van der Waals surface area contributed by atoms with E-state index in [1.165, 1.54) is 0 Å². The molecular weight excluding hydrogens is 284 g/mol. The van der Waals surface area contributed by atoms with Crippen molar-refractivity contribution in [1.82, 2.24) is 20.1 Å². The molecule has 2 aromatic heterocycles. The van der Waals surface area contributed by atoms with E-state index in [2.05, 4.69) is 15.4 Å². The van der Waals surface area contributed by atoms with Crippen molar-refractivity contribution in [3.05, 3.63) is 35.9 Å². The summed E-state index contributed by atoms with van der Waals surface area (Å²) in [4.78, 5) is 4.34. The van der Waals surface area contributed by atoms with E-state index >= 15 is 0 Å². The van der Waals surface area contributed by atoms with Crippen molar-refractivity contribution in [3.8, 4) is 11.5 Å². The molecule has 0 saturated carbocycles. The van der Waals surface area contributed by atoms with Gasteiger partial charge in [-0.25, -0.2) is 0 Å². The van der Waals surface area contributed by atoms with Crippen LogP contribution in [0.3, 0.4) is 0 Å². The van der Waals surface area contributed by atoms with Crippen molar-refractivity contribution in [2.75, 3.05) is 13.2 Å². The number of rotatable bonds is 5. The van der Waals surface area contributed by atoms with Crippen LogP contribution in [-0.4, -0.2) is 45.2 Å². The molecule has 22 heavy (non-hydrogen) atoms. The zero-order valence-corrected chi connectivity index (χ0v) is 12.7. The van der Waals surface area contributed by atoms with Gasteiger partial charge < -0.3 is 19.9 Å². The number of nitrogens with zero attached hydrogens (tertiary/aromatic N) is 3. The molecule has 0 radical (unpaired) electrons. The van der Waals surface area contributed by atoms with Gasteiger partial charge in [-0.1, -0.05) is 0 Å². The first-order chi connectivity index (χ1) is 10.6. The molecule has 2 N–H and O–H groups in total. The van der Waals surface area contributed by atoms with Gasteiger partial charge in [-0.2, -0.15) is 5.10 Å². The Balaban J connectivity index is 1.60. The van der Waals surface area contributed by atoms with E-state index in [1.54, 1.807) is 23.0 Å². The van der Waals surface area contributed by atoms with Crippen molar-refractivity contribution in [1.29, 1.82) is 0 Å².